The Morgan fingerprint density at radius 2 is 1.95 bits per heavy atom. The first kappa shape index (κ1) is 15.4. The highest BCUT2D eigenvalue weighted by Crippen LogP contribution is 2.25. The molecular weight excluding hydrogens is 330 g/mol. The Balaban J connectivity index is 2.15. The maximum absolute atomic E-state index is 8.98. The summed E-state index contributed by atoms with van der Waals surface area (Å²) in [4.78, 5) is 0. The van der Waals surface area contributed by atoms with Gasteiger partial charge < -0.3 is 9.47 Å². The predicted octanol–water partition coefficient (Wildman–Crippen LogP) is 4.35. The smallest absolute Gasteiger partial charge is 0.137 e. The molecule has 4 heteroatoms. The Morgan fingerprint density at radius 1 is 1.14 bits per heavy atom. The molecule has 2 aromatic rings. The van der Waals surface area contributed by atoms with E-state index in [1.165, 1.54) is 5.56 Å². The van der Waals surface area contributed by atoms with Crippen molar-refractivity contribution in [2.24, 2.45) is 0 Å². The maximum Gasteiger partial charge on any atom is 0.137 e. The van der Waals surface area contributed by atoms with Crippen LogP contribution in [0.25, 0.3) is 0 Å². The zero-order valence-corrected chi connectivity index (χ0v) is 13.6. The van der Waals surface area contributed by atoms with Gasteiger partial charge in [-0.05, 0) is 30.7 Å². The highest BCUT2D eigenvalue weighted by molar-refractivity contribution is 9.08. The lowest BCUT2D eigenvalue weighted by molar-refractivity contribution is 0.303. The SMILES string of the molecule is COc1cc(COc2ccc(C)cc2CBr)ccc1C#N. The summed E-state index contributed by atoms with van der Waals surface area (Å²) in [5.41, 5.74) is 3.82. The van der Waals surface area contributed by atoms with Gasteiger partial charge in [0.1, 0.15) is 24.2 Å². The second-order valence-corrected chi connectivity index (χ2v) is 5.24. The van der Waals surface area contributed by atoms with Crippen LogP contribution in [0.3, 0.4) is 0 Å². The maximum atomic E-state index is 8.98. The van der Waals surface area contributed by atoms with E-state index in [0.717, 1.165) is 22.2 Å². The fourth-order valence-electron chi connectivity index (χ4n) is 2.03. The molecule has 0 unspecified atom stereocenters. The number of ether oxygens (including phenoxy) is 2. The van der Waals surface area contributed by atoms with Crippen LogP contribution in [0.15, 0.2) is 36.4 Å². The van der Waals surface area contributed by atoms with Gasteiger partial charge in [0.25, 0.3) is 0 Å². The Morgan fingerprint density at radius 3 is 2.62 bits per heavy atom. The van der Waals surface area contributed by atoms with Crippen LogP contribution < -0.4 is 9.47 Å². The molecule has 0 amide bonds. The lowest BCUT2D eigenvalue weighted by Gasteiger charge is -2.12. The van der Waals surface area contributed by atoms with Gasteiger partial charge in [-0.1, -0.05) is 39.7 Å². The second-order valence-electron chi connectivity index (χ2n) is 4.68. The Bertz CT molecular complexity index is 677. The molecule has 0 aliphatic heterocycles. The van der Waals surface area contributed by atoms with E-state index in [2.05, 4.69) is 35.0 Å². The van der Waals surface area contributed by atoms with Crippen LogP contribution in [0, 0.1) is 18.3 Å². The van der Waals surface area contributed by atoms with Crippen LogP contribution in [0.2, 0.25) is 0 Å². The average Bonchev–Trinajstić information content (AvgIpc) is 2.53. The molecule has 0 N–H and O–H groups in total. The van der Waals surface area contributed by atoms with E-state index in [1.54, 1.807) is 13.2 Å². The van der Waals surface area contributed by atoms with Crippen LogP contribution in [0.1, 0.15) is 22.3 Å². The van der Waals surface area contributed by atoms with Crippen LogP contribution in [-0.2, 0) is 11.9 Å². The fraction of sp³-hybridized carbons (Fsp3) is 0.235. The van der Waals surface area contributed by atoms with Crippen molar-refractivity contribution in [2.75, 3.05) is 7.11 Å². The topological polar surface area (TPSA) is 42.2 Å². The first-order valence-corrected chi connectivity index (χ1v) is 7.65. The number of methoxy groups -OCH3 is 1. The summed E-state index contributed by atoms with van der Waals surface area (Å²) in [5.74, 6) is 1.43. The summed E-state index contributed by atoms with van der Waals surface area (Å²) in [5, 5.41) is 9.73. The van der Waals surface area contributed by atoms with E-state index in [1.807, 2.05) is 24.3 Å². The molecule has 3 nitrogen and oxygen atoms in total. The number of nitrogens with zero attached hydrogens (tertiary/aromatic N) is 1. The summed E-state index contributed by atoms with van der Waals surface area (Å²) in [7, 11) is 1.56. The first-order valence-electron chi connectivity index (χ1n) is 6.53. The number of hydrogen-bond donors (Lipinski definition) is 0. The van der Waals surface area contributed by atoms with Gasteiger partial charge >= 0.3 is 0 Å². The summed E-state index contributed by atoms with van der Waals surface area (Å²) in [6.45, 7) is 2.49. The van der Waals surface area contributed by atoms with E-state index in [4.69, 9.17) is 14.7 Å². The van der Waals surface area contributed by atoms with Gasteiger partial charge in [-0.25, -0.2) is 0 Å². The molecule has 0 heterocycles. The van der Waals surface area contributed by atoms with Crippen molar-refractivity contribution in [1.29, 1.82) is 5.26 Å². The molecule has 0 radical (unpaired) electrons. The third-order valence-electron chi connectivity index (χ3n) is 3.14. The molecule has 0 fully saturated rings. The van der Waals surface area contributed by atoms with E-state index in [0.29, 0.717) is 17.9 Å². The Labute approximate surface area is 133 Å². The predicted molar refractivity (Wildman–Crippen MR) is 85.9 cm³/mol. The second kappa shape index (κ2) is 7.14. The standard InChI is InChI=1S/C17H16BrNO2/c1-12-3-6-16(15(7-12)9-18)21-11-13-4-5-14(10-19)17(8-13)20-2/h3-8H,9,11H2,1-2H3. The van der Waals surface area contributed by atoms with Gasteiger partial charge in [0.05, 0.1) is 12.7 Å². The summed E-state index contributed by atoms with van der Waals surface area (Å²) < 4.78 is 11.1. The number of benzene rings is 2. The summed E-state index contributed by atoms with van der Waals surface area (Å²) in [6, 6.07) is 13.7. The van der Waals surface area contributed by atoms with E-state index in [9.17, 15) is 0 Å². The largest absolute Gasteiger partial charge is 0.495 e. The monoisotopic (exact) mass is 345 g/mol. The molecule has 0 aromatic heterocycles. The minimum Gasteiger partial charge on any atom is -0.495 e. The van der Waals surface area contributed by atoms with Gasteiger partial charge in [0.15, 0.2) is 0 Å². The average molecular weight is 346 g/mol. The first-order chi connectivity index (χ1) is 10.2. The molecule has 2 aromatic carbocycles. The van der Waals surface area contributed by atoms with Gasteiger partial charge in [0.2, 0.25) is 0 Å². The zero-order chi connectivity index (χ0) is 15.2. The van der Waals surface area contributed by atoms with Crippen molar-refractivity contribution in [2.45, 2.75) is 18.9 Å². The van der Waals surface area contributed by atoms with Crippen molar-refractivity contribution in [3.05, 3.63) is 58.7 Å². The normalized spacial score (nSPS) is 10.0. The van der Waals surface area contributed by atoms with E-state index < -0.39 is 0 Å². The number of hydrogen-bond acceptors (Lipinski definition) is 3. The number of alkyl halides is 1. The molecule has 21 heavy (non-hydrogen) atoms. The minimum absolute atomic E-state index is 0.436. The van der Waals surface area contributed by atoms with Gasteiger partial charge in [-0.15, -0.1) is 0 Å². The Hall–Kier alpha value is -1.99. The third kappa shape index (κ3) is 3.77. The van der Waals surface area contributed by atoms with Crippen molar-refractivity contribution < 1.29 is 9.47 Å². The number of halogens is 1. The van der Waals surface area contributed by atoms with E-state index >= 15 is 0 Å². The van der Waals surface area contributed by atoms with Gasteiger partial charge in [0, 0.05) is 10.9 Å². The quantitative estimate of drug-likeness (QED) is 0.756. The summed E-state index contributed by atoms with van der Waals surface area (Å²) in [6.07, 6.45) is 0. The van der Waals surface area contributed by atoms with Gasteiger partial charge in [-0.2, -0.15) is 5.26 Å². The van der Waals surface area contributed by atoms with Gasteiger partial charge in [-0.3, -0.25) is 0 Å². The molecule has 0 spiro atoms. The van der Waals surface area contributed by atoms with Crippen LogP contribution in [0.5, 0.6) is 11.5 Å². The zero-order valence-electron chi connectivity index (χ0n) is 12.0. The number of rotatable bonds is 5. The molecule has 0 aliphatic carbocycles. The highest BCUT2D eigenvalue weighted by atomic mass is 79.9. The Kier molecular flexibility index (Phi) is 5.24. The lowest BCUT2D eigenvalue weighted by atomic mass is 10.1. The van der Waals surface area contributed by atoms with Crippen LogP contribution >= 0.6 is 15.9 Å². The van der Waals surface area contributed by atoms with Crippen LogP contribution in [-0.4, -0.2) is 7.11 Å². The molecule has 0 atom stereocenters. The molecule has 0 saturated carbocycles. The fourth-order valence-corrected chi connectivity index (χ4v) is 2.47. The van der Waals surface area contributed by atoms with Crippen molar-refractivity contribution >= 4 is 15.9 Å². The van der Waals surface area contributed by atoms with Crippen molar-refractivity contribution in [3.63, 3.8) is 0 Å². The van der Waals surface area contributed by atoms with E-state index in [-0.39, 0.29) is 0 Å². The highest BCUT2D eigenvalue weighted by Gasteiger charge is 2.06. The van der Waals surface area contributed by atoms with Crippen LogP contribution in [0.4, 0.5) is 0 Å². The third-order valence-corrected chi connectivity index (χ3v) is 3.74. The molecule has 0 saturated heterocycles. The molecule has 2 rings (SSSR count). The lowest BCUT2D eigenvalue weighted by Crippen LogP contribution is -1.99. The number of nitriles is 1. The van der Waals surface area contributed by atoms with Crippen molar-refractivity contribution in [1.82, 2.24) is 0 Å². The van der Waals surface area contributed by atoms with Crippen molar-refractivity contribution in [3.8, 4) is 17.6 Å². The summed E-state index contributed by atoms with van der Waals surface area (Å²) >= 11 is 3.47. The molecule has 0 bridgehead atoms. The molecule has 108 valence electrons. The molecular formula is C17H16BrNO2. The molecule has 0 aliphatic rings. The number of aryl methyl sites for hydroxylation is 1. The minimum atomic E-state index is 0.436.